The third-order valence-corrected chi connectivity index (χ3v) is 3.39. The van der Waals surface area contributed by atoms with Crippen molar-refractivity contribution in [3.05, 3.63) is 36.0 Å². The van der Waals surface area contributed by atoms with E-state index in [1.54, 1.807) is 12.0 Å². The molecular weight excluding hydrogens is 294 g/mol. The van der Waals surface area contributed by atoms with Gasteiger partial charge in [0.2, 0.25) is 0 Å². The molecule has 1 aromatic heterocycles. The van der Waals surface area contributed by atoms with Gasteiger partial charge >= 0.3 is 6.03 Å². The van der Waals surface area contributed by atoms with Gasteiger partial charge in [0.25, 0.3) is 0 Å². The van der Waals surface area contributed by atoms with Crippen LogP contribution in [0.3, 0.4) is 0 Å². The highest BCUT2D eigenvalue weighted by Gasteiger charge is 2.16. The van der Waals surface area contributed by atoms with E-state index in [1.807, 2.05) is 44.2 Å². The summed E-state index contributed by atoms with van der Waals surface area (Å²) in [6.07, 6.45) is 0.883. The maximum absolute atomic E-state index is 12.1. The fourth-order valence-corrected chi connectivity index (χ4v) is 2.34. The van der Waals surface area contributed by atoms with Crippen LogP contribution in [0.1, 0.15) is 26.0 Å². The van der Waals surface area contributed by atoms with Crippen molar-refractivity contribution in [3.8, 4) is 17.1 Å². The molecule has 0 aliphatic rings. The molecule has 6 heteroatoms. The minimum Gasteiger partial charge on any atom is -0.496 e. The number of nitrogens with zero attached hydrogens (tertiary/aromatic N) is 2. The molecule has 0 saturated heterocycles. The largest absolute Gasteiger partial charge is 0.496 e. The standard InChI is InChI=1S/C17H23N3O3/c1-4-10-20(17(21)18-5-2)12-13-11-16(23-19-13)14-8-6-7-9-15(14)22-3/h6-9,11H,4-5,10,12H2,1-3H3,(H,18,21). The molecule has 0 fully saturated rings. The van der Waals surface area contributed by atoms with Crippen LogP contribution < -0.4 is 10.1 Å². The second-order valence-corrected chi connectivity index (χ2v) is 5.14. The Morgan fingerprint density at radius 3 is 2.83 bits per heavy atom. The zero-order chi connectivity index (χ0) is 16.7. The summed E-state index contributed by atoms with van der Waals surface area (Å²) in [5.41, 5.74) is 1.56. The van der Waals surface area contributed by atoms with Gasteiger partial charge in [0.05, 0.1) is 19.2 Å². The molecule has 0 atom stereocenters. The predicted molar refractivity (Wildman–Crippen MR) is 88.3 cm³/mol. The number of rotatable bonds is 7. The van der Waals surface area contributed by atoms with Crippen LogP contribution in [-0.4, -0.2) is 36.3 Å². The number of ether oxygens (including phenoxy) is 1. The summed E-state index contributed by atoms with van der Waals surface area (Å²) in [5.74, 6) is 1.36. The molecule has 1 N–H and O–H groups in total. The first-order chi connectivity index (χ1) is 11.2. The maximum Gasteiger partial charge on any atom is 0.317 e. The van der Waals surface area contributed by atoms with Gasteiger partial charge in [-0.2, -0.15) is 0 Å². The number of nitrogens with one attached hydrogen (secondary N) is 1. The summed E-state index contributed by atoms with van der Waals surface area (Å²) in [5, 5.41) is 6.90. The molecule has 6 nitrogen and oxygen atoms in total. The Hall–Kier alpha value is -2.50. The topological polar surface area (TPSA) is 67.6 Å². The number of hydrogen-bond acceptors (Lipinski definition) is 4. The Balaban J connectivity index is 2.16. The Morgan fingerprint density at radius 2 is 2.13 bits per heavy atom. The van der Waals surface area contributed by atoms with E-state index >= 15 is 0 Å². The molecule has 0 saturated carbocycles. The molecule has 2 rings (SSSR count). The van der Waals surface area contributed by atoms with Gasteiger partial charge in [0, 0.05) is 19.2 Å². The molecule has 23 heavy (non-hydrogen) atoms. The average Bonchev–Trinajstić information content (AvgIpc) is 3.03. The summed E-state index contributed by atoms with van der Waals surface area (Å²) in [4.78, 5) is 13.8. The molecule has 2 aromatic rings. The monoisotopic (exact) mass is 317 g/mol. The van der Waals surface area contributed by atoms with Crippen LogP contribution in [0.4, 0.5) is 4.79 Å². The van der Waals surface area contributed by atoms with E-state index in [9.17, 15) is 4.79 Å². The van der Waals surface area contributed by atoms with Crippen molar-refractivity contribution in [2.24, 2.45) is 0 Å². The van der Waals surface area contributed by atoms with Gasteiger partial charge in [-0.05, 0) is 25.5 Å². The van der Waals surface area contributed by atoms with Crippen molar-refractivity contribution in [2.75, 3.05) is 20.2 Å². The Bertz CT molecular complexity index is 640. The number of para-hydroxylation sites is 1. The predicted octanol–water partition coefficient (Wildman–Crippen LogP) is 3.29. The summed E-state index contributed by atoms with van der Waals surface area (Å²) in [6, 6.07) is 9.36. The van der Waals surface area contributed by atoms with Crippen molar-refractivity contribution in [2.45, 2.75) is 26.8 Å². The molecule has 0 radical (unpaired) electrons. The van der Waals surface area contributed by atoms with E-state index in [0.29, 0.717) is 31.1 Å². The highest BCUT2D eigenvalue weighted by molar-refractivity contribution is 5.74. The lowest BCUT2D eigenvalue weighted by molar-refractivity contribution is 0.194. The summed E-state index contributed by atoms with van der Waals surface area (Å²) in [6.45, 7) is 5.62. The van der Waals surface area contributed by atoms with Crippen LogP contribution in [0.25, 0.3) is 11.3 Å². The lowest BCUT2D eigenvalue weighted by atomic mass is 10.1. The van der Waals surface area contributed by atoms with Gasteiger partial charge < -0.3 is 19.5 Å². The van der Waals surface area contributed by atoms with E-state index in [-0.39, 0.29) is 6.03 Å². The van der Waals surface area contributed by atoms with E-state index in [0.717, 1.165) is 17.7 Å². The van der Waals surface area contributed by atoms with Gasteiger partial charge in [-0.25, -0.2) is 4.79 Å². The quantitative estimate of drug-likeness (QED) is 0.851. The number of carbonyl (C=O) groups excluding carboxylic acids is 1. The number of hydrogen-bond donors (Lipinski definition) is 1. The molecule has 0 aliphatic carbocycles. The van der Waals surface area contributed by atoms with Gasteiger partial charge in [-0.15, -0.1) is 0 Å². The summed E-state index contributed by atoms with van der Waals surface area (Å²) >= 11 is 0. The van der Waals surface area contributed by atoms with E-state index in [1.165, 1.54) is 0 Å². The molecule has 1 aromatic carbocycles. The second-order valence-electron chi connectivity index (χ2n) is 5.14. The van der Waals surface area contributed by atoms with E-state index < -0.39 is 0 Å². The van der Waals surface area contributed by atoms with Gasteiger partial charge in [0.1, 0.15) is 11.4 Å². The second kappa shape index (κ2) is 8.22. The van der Waals surface area contributed by atoms with Crippen LogP contribution in [0.5, 0.6) is 5.75 Å². The molecule has 2 amide bonds. The molecule has 1 heterocycles. The zero-order valence-electron chi connectivity index (χ0n) is 13.8. The molecule has 124 valence electrons. The van der Waals surface area contributed by atoms with Crippen LogP contribution in [-0.2, 0) is 6.54 Å². The number of aromatic nitrogens is 1. The average molecular weight is 317 g/mol. The Kier molecular flexibility index (Phi) is 6.02. The molecule has 0 spiro atoms. The van der Waals surface area contributed by atoms with Gasteiger partial charge in [-0.1, -0.05) is 24.2 Å². The third-order valence-electron chi connectivity index (χ3n) is 3.39. The first-order valence-corrected chi connectivity index (χ1v) is 7.81. The SMILES string of the molecule is CCCN(Cc1cc(-c2ccccc2OC)on1)C(=O)NCC. The van der Waals surface area contributed by atoms with Crippen LogP contribution in [0.2, 0.25) is 0 Å². The van der Waals surface area contributed by atoms with Crippen molar-refractivity contribution < 1.29 is 14.1 Å². The fourth-order valence-electron chi connectivity index (χ4n) is 2.34. The van der Waals surface area contributed by atoms with E-state index in [4.69, 9.17) is 9.26 Å². The van der Waals surface area contributed by atoms with Crippen molar-refractivity contribution >= 4 is 6.03 Å². The van der Waals surface area contributed by atoms with Crippen LogP contribution >= 0.6 is 0 Å². The number of benzene rings is 1. The van der Waals surface area contributed by atoms with E-state index in [2.05, 4.69) is 10.5 Å². The Labute approximate surface area is 136 Å². The minimum atomic E-state index is -0.0869. The first-order valence-electron chi connectivity index (χ1n) is 7.81. The highest BCUT2D eigenvalue weighted by Crippen LogP contribution is 2.30. The van der Waals surface area contributed by atoms with Gasteiger partial charge in [0.15, 0.2) is 5.76 Å². The van der Waals surface area contributed by atoms with Crippen molar-refractivity contribution in [1.82, 2.24) is 15.4 Å². The third kappa shape index (κ3) is 4.25. The fraction of sp³-hybridized carbons (Fsp3) is 0.412. The highest BCUT2D eigenvalue weighted by atomic mass is 16.5. The van der Waals surface area contributed by atoms with Gasteiger partial charge in [-0.3, -0.25) is 0 Å². The zero-order valence-corrected chi connectivity index (χ0v) is 13.8. The number of amides is 2. The summed E-state index contributed by atoms with van der Waals surface area (Å²) in [7, 11) is 1.62. The minimum absolute atomic E-state index is 0.0869. The smallest absolute Gasteiger partial charge is 0.317 e. The van der Waals surface area contributed by atoms with Crippen LogP contribution in [0.15, 0.2) is 34.9 Å². The van der Waals surface area contributed by atoms with Crippen molar-refractivity contribution in [3.63, 3.8) is 0 Å². The lowest BCUT2D eigenvalue weighted by Crippen LogP contribution is -2.39. The molecule has 0 aliphatic heterocycles. The number of carbonyl (C=O) groups is 1. The normalized spacial score (nSPS) is 10.4. The van der Waals surface area contributed by atoms with Crippen LogP contribution in [0, 0.1) is 0 Å². The maximum atomic E-state index is 12.1. The van der Waals surface area contributed by atoms with Crippen molar-refractivity contribution in [1.29, 1.82) is 0 Å². The molecule has 0 unspecified atom stereocenters. The molecular formula is C17H23N3O3. The number of methoxy groups -OCH3 is 1. The first kappa shape index (κ1) is 16.9. The summed E-state index contributed by atoms with van der Waals surface area (Å²) < 4.78 is 10.8. The lowest BCUT2D eigenvalue weighted by Gasteiger charge is -2.20. The molecule has 0 bridgehead atoms. The number of urea groups is 1. The Morgan fingerprint density at radius 1 is 1.35 bits per heavy atom.